The van der Waals surface area contributed by atoms with Gasteiger partial charge >= 0.3 is 0 Å². The summed E-state index contributed by atoms with van der Waals surface area (Å²) < 4.78 is 27.2. The molecular weight excluding hydrogens is 326 g/mol. The highest BCUT2D eigenvalue weighted by molar-refractivity contribution is 9.11. The fourth-order valence-corrected chi connectivity index (χ4v) is 4.65. The number of hydrogen-bond donors (Lipinski definition) is 1. The van der Waals surface area contributed by atoms with Crippen molar-refractivity contribution in [2.45, 2.75) is 11.8 Å². The number of hydrogen-bond acceptors (Lipinski definition) is 5. The number of halogens is 1. The summed E-state index contributed by atoms with van der Waals surface area (Å²) in [5, 5.41) is 0. The van der Waals surface area contributed by atoms with E-state index in [1.54, 1.807) is 13.0 Å². The van der Waals surface area contributed by atoms with Crippen molar-refractivity contribution < 1.29 is 8.42 Å². The molecule has 0 bridgehead atoms. The lowest BCUT2D eigenvalue weighted by Gasteiger charge is -2.05. The Balaban J connectivity index is 2.35. The van der Waals surface area contributed by atoms with Crippen LogP contribution in [-0.4, -0.2) is 18.4 Å². The lowest BCUT2D eigenvalue weighted by molar-refractivity contribution is 0.601. The molecule has 2 aromatic rings. The van der Waals surface area contributed by atoms with Gasteiger partial charge in [-0.05, 0) is 28.9 Å². The Labute approximate surface area is 111 Å². The molecule has 0 saturated carbocycles. The van der Waals surface area contributed by atoms with Crippen LogP contribution in [0.2, 0.25) is 0 Å². The van der Waals surface area contributed by atoms with Gasteiger partial charge in [0, 0.05) is 17.3 Å². The largest absolute Gasteiger partial charge is 0.264 e. The normalized spacial score (nSPS) is 11.4. The van der Waals surface area contributed by atoms with Crippen molar-refractivity contribution in [2.24, 2.45) is 0 Å². The standard InChI is InChI=1S/C9H8BrN3O2S2/c1-6-7(4-8(10)16-6)17(14,15)13-9-5-11-2-3-12-9/h2-5H,1H3,(H,12,13). The molecule has 0 atom stereocenters. The minimum Gasteiger partial charge on any atom is -0.262 e. The third-order valence-electron chi connectivity index (χ3n) is 1.93. The van der Waals surface area contributed by atoms with Gasteiger partial charge in [0.1, 0.15) is 4.90 Å². The van der Waals surface area contributed by atoms with Crippen LogP contribution in [-0.2, 0) is 10.0 Å². The van der Waals surface area contributed by atoms with Gasteiger partial charge in [0.15, 0.2) is 5.82 Å². The fourth-order valence-electron chi connectivity index (χ4n) is 1.24. The number of aryl methyl sites for hydroxylation is 1. The van der Waals surface area contributed by atoms with Crippen LogP contribution in [0.15, 0.2) is 33.3 Å². The maximum Gasteiger partial charge on any atom is 0.264 e. The molecule has 90 valence electrons. The molecule has 0 fully saturated rings. The maximum absolute atomic E-state index is 12.0. The van der Waals surface area contributed by atoms with Gasteiger partial charge in [0.25, 0.3) is 10.0 Å². The maximum atomic E-state index is 12.0. The summed E-state index contributed by atoms with van der Waals surface area (Å²) >= 11 is 4.63. The summed E-state index contributed by atoms with van der Waals surface area (Å²) in [6.45, 7) is 1.75. The molecule has 0 aliphatic heterocycles. The zero-order valence-electron chi connectivity index (χ0n) is 8.71. The van der Waals surface area contributed by atoms with E-state index >= 15 is 0 Å². The first-order chi connectivity index (χ1) is 7.99. The van der Waals surface area contributed by atoms with Crippen molar-refractivity contribution in [3.8, 4) is 0 Å². The molecule has 2 aromatic heterocycles. The zero-order valence-corrected chi connectivity index (χ0v) is 11.9. The molecule has 0 amide bonds. The molecule has 17 heavy (non-hydrogen) atoms. The van der Waals surface area contributed by atoms with Gasteiger partial charge in [-0.2, -0.15) is 0 Å². The molecule has 0 spiro atoms. The van der Waals surface area contributed by atoms with Gasteiger partial charge in [-0.1, -0.05) is 0 Å². The molecule has 2 heterocycles. The zero-order chi connectivity index (χ0) is 12.5. The van der Waals surface area contributed by atoms with Crippen LogP contribution in [0.1, 0.15) is 4.88 Å². The number of aromatic nitrogens is 2. The summed E-state index contributed by atoms with van der Waals surface area (Å²) in [4.78, 5) is 8.62. The molecule has 0 unspecified atom stereocenters. The van der Waals surface area contributed by atoms with Crippen LogP contribution in [0.3, 0.4) is 0 Å². The first-order valence-corrected chi connectivity index (χ1v) is 7.63. The highest BCUT2D eigenvalue weighted by atomic mass is 79.9. The van der Waals surface area contributed by atoms with E-state index in [0.717, 1.165) is 3.79 Å². The predicted molar refractivity (Wildman–Crippen MR) is 69.6 cm³/mol. The summed E-state index contributed by atoms with van der Waals surface area (Å²) in [7, 11) is -3.60. The van der Waals surface area contributed by atoms with E-state index in [4.69, 9.17) is 0 Å². The average Bonchev–Trinajstić information content (AvgIpc) is 2.59. The van der Waals surface area contributed by atoms with Gasteiger partial charge in [0.2, 0.25) is 0 Å². The van der Waals surface area contributed by atoms with E-state index < -0.39 is 10.0 Å². The minimum absolute atomic E-state index is 0.203. The van der Waals surface area contributed by atoms with E-state index in [0.29, 0.717) is 4.88 Å². The van der Waals surface area contributed by atoms with E-state index in [-0.39, 0.29) is 10.7 Å². The van der Waals surface area contributed by atoms with Gasteiger partial charge < -0.3 is 0 Å². The minimum atomic E-state index is -3.60. The number of sulfonamides is 1. The number of anilines is 1. The quantitative estimate of drug-likeness (QED) is 0.936. The van der Waals surface area contributed by atoms with Crippen molar-refractivity contribution in [1.29, 1.82) is 0 Å². The summed E-state index contributed by atoms with van der Waals surface area (Å²) in [6, 6.07) is 1.57. The SMILES string of the molecule is Cc1sc(Br)cc1S(=O)(=O)Nc1cnccn1. The van der Waals surface area contributed by atoms with Crippen molar-refractivity contribution >= 4 is 43.1 Å². The lowest BCUT2D eigenvalue weighted by atomic mass is 10.5. The Bertz CT molecular complexity index is 625. The molecule has 0 aliphatic carbocycles. The van der Waals surface area contributed by atoms with Crippen LogP contribution >= 0.6 is 27.3 Å². The van der Waals surface area contributed by atoms with Crippen LogP contribution in [0.5, 0.6) is 0 Å². The number of nitrogens with zero attached hydrogens (tertiary/aromatic N) is 2. The van der Waals surface area contributed by atoms with Crippen LogP contribution in [0.4, 0.5) is 5.82 Å². The third-order valence-corrected chi connectivity index (χ3v) is 5.10. The van der Waals surface area contributed by atoms with E-state index in [9.17, 15) is 8.42 Å². The first kappa shape index (κ1) is 12.5. The number of thiophene rings is 1. The Kier molecular flexibility index (Phi) is 3.45. The van der Waals surface area contributed by atoms with Crippen LogP contribution in [0.25, 0.3) is 0 Å². The molecule has 1 N–H and O–H groups in total. The van der Waals surface area contributed by atoms with E-state index in [1.807, 2.05) is 0 Å². The van der Waals surface area contributed by atoms with Gasteiger partial charge in [-0.25, -0.2) is 13.4 Å². The highest BCUT2D eigenvalue weighted by Crippen LogP contribution is 2.30. The predicted octanol–water partition coefficient (Wildman–Crippen LogP) is 2.41. The van der Waals surface area contributed by atoms with Gasteiger partial charge in [0.05, 0.1) is 9.98 Å². The molecule has 0 aromatic carbocycles. The first-order valence-electron chi connectivity index (χ1n) is 4.54. The number of rotatable bonds is 3. The fraction of sp³-hybridized carbons (Fsp3) is 0.111. The van der Waals surface area contributed by atoms with E-state index in [1.165, 1.54) is 29.9 Å². The second-order valence-electron chi connectivity index (χ2n) is 3.17. The van der Waals surface area contributed by atoms with Crippen molar-refractivity contribution in [3.05, 3.63) is 33.3 Å². The molecular formula is C9H8BrN3O2S2. The van der Waals surface area contributed by atoms with Gasteiger partial charge in [-0.3, -0.25) is 9.71 Å². The Morgan fingerprint density at radius 3 is 2.71 bits per heavy atom. The van der Waals surface area contributed by atoms with Crippen LogP contribution < -0.4 is 4.72 Å². The topological polar surface area (TPSA) is 72.0 Å². The Morgan fingerprint density at radius 2 is 2.18 bits per heavy atom. The molecule has 5 nitrogen and oxygen atoms in total. The summed E-state index contributed by atoms with van der Waals surface area (Å²) in [6.07, 6.45) is 4.26. The smallest absolute Gasteiger partial charge is 0.262 e. The second-order valence-corrected chi connectivity index (χ2v) is 7.45. The molecule has 8 heteroatoms. The highest BCUT2D eigenvalue weighted by Gasteiger charge is 2.19. The van der Waals surface area contributed by atoms with E-state index in [2.05, 4.69) is 30.6 Å². The monoisotopic (exact) mass is 333 g/mol. The number of nitrogens with one attached hydrogen (secondary N) is 1. The average molecular weight is 334 g/mol. The Morgan fingerprint density at radius 1 is 1.41 bits per heavy atom. The lowest BCUT2D eigenvalue weighted by Crippen LogP contribution is -2.14. The van der Waals surface area contributed by atoms with Gasteiger partial charge in [-0.15, -0.1) is 11.3 Å². The Hall–Kier alpha value is -0.990. The van der Waals surface area contributed by atoms with Crippen molar-refractivity contribution in [1.82, 2.24) is 9.97 Å². The molecule has 0 radical (unpaired) electrons. The molecule has 2 rings (SSSR count). The third kappa shape index (κ3) is 2.82. The summed E-state index contributed by atoms with van der Waals surface area (Å²) in [5.41, 5.74) is 0. The summed E-state index contributed by atoms with van der Waals surface area (Å²) in [5.74, 6) is 0.203. The van der Waals surface area contributed by atoms with Crippen molar-refractivity contribution in [3.63, 3.8) is 0 Å². The van der Waals surface area contributed by atoms with Crippen LogP contribution in [0, 0.1) is 6.92 Å². The van der Waals surface area contributed by atoms with Crippen molar-refractivity contribution in [2.75, 3.05) is 4.72 Å². The molecule has 0 saturated heterocycles. The molecule has 0 aliphatic rings. The second kappa shape index (κ2) is 4.71.